The second-order valence-electron chi connectivity index (χ2n) is 5.70. The minimum Gasteiger partial charge on any atom is -0.380 e. The van der Waals surface area contributed by atoms with Gasteiger partial charge in [0.25, 0.3) is 0 Å². The molecule has 0 unspecified atom stereocenters. The van der Waals surface area contributed by atoms with E-state index in [4.69, 9.17) is 0 Å². The molecule has 0 aromatic heterocycles. The highest BCUT2D eigenvalue weighted by Crippen LogP contribution is 2.38. The van der Waals surface area contributed by atoms with E-state index in [0.29, 0.717) is 17.6 Å². The smallest absolute Gasteiger partial charge is 0.165 e. The molecule has 0 fully saturated rings. The van der Waals surface area contributed by atoms with Crippen LogP contribution < -0.4 is 0 Å². The summed E-state index contributed by atoms with van der Waals surface area (Å²) in [7, 11) is 3.88. The molecule has 0 saturated heterocycles. The van der Waals surface area contributed by atoms with E-state index in [0.717, 1.165) is 18.4 Å². The molecule has 0 spiro atoms. The fourth-order valence-corrected chi connectivity index (χ4v) is 2.13. The molecule has 3 nitrogen and oxygen atoms in total. The molecule has 0 atom stereocenters. The topological polar surface area (TPSA) is 37.4 Å². The van der Waals surface area contributed by atoms with Gasteiger partial charge >= 0.3 is 0 Å². The van der Waals surface area contributed by atoms with Gasteiger partial charge in [-0.3, -0.25) is 9.59 Å². The Balaban J connectivity index is 3.26. The molecule has 0 bridgehead atoms. The van der Waals surface area contributed by atoms with E-state index >= 15 is 0 Å². The SMILES string of the molecule is C/C(C=O)=C\C1=C(N(C)C)CC(C)(C)CC1=O. The number of carbonyl (C=O) groups is 2. The summed E-state index contributed by atoms with van der Waals surface area (Å²) in [5, 5.41) is 0. The van der Waals surface area contributed by atoms with Crippen molar-refractivity contribution in [1.82, 2.24) is 4.90 Å². The number of rotatable bonds is 3. The zero-order valence-electron chi connectivity index (χ0n) is 11.3. The van der Waals surface area contributed by atoms with Gasteiger partial charge in [0.05, 0.1) is 0 Å². The Morgan fingerprint density at radius 3 is 2.35 bits per heavy atom. The summed E-state index contributed by atoms with van der Waals surface area (Å²) >= 11 is 0. The molecule has 0 N–H and O–H groups in total. The van der Waals surface area contributed by atoms with Crippen LogP contribution >= 0.6 is 0 Å². The zero-order chi connectivity index (χ0) is 13.2. The van der Waals surface area contributed by atoms with Crippen LogP contribution in [0, 0.1) is 5.41 Å². The highest BCUT2D eigenvalue weighted by Gasteiger charge is 2.32. The van der Waals surface area contributed by atoms with Crippen LogP contribution in [0.1, 0.15) is 33.6 Å². The highest BCUT2D eigenvalue weighted by atomic mass is 16.1. The molecule has 0 aromatic carbocycles. The molecule has 0 radical (unpaired) electrons. The maximum absolute atomic E-state index is 12.1. The molecule has 1 rings (SSSR count). The lowest BCUT2D eigenvalue weighted by Crippen LogP contribution is -2.30. The second-order valence-corrected chi connectivity index (χ2v) is 5.70. The van der Waals surface area contributed by atoms with Crippen molar-refractivity contribution >= 4 is 12.1 Å². The van der Waals surface area contributed by atoms with Crippen LogP contribution in [-0.2, 0) is 9.59 Å². The molecular formula is C14H21NO2. The molecule has 0 aliphatic heterocycles. The van der Waals surface area contributed by atoms with E-state index in [1.807, 2.05) is 19.0 Å². The van der Waals surface area contributed by atoms with E-state index in [1.165, 1.54) is 0 Å². The number of allylic oxidation sites excluding steroid dienone is 4. The van der Waals surface area contributed by atoms with Crippen molar-refractivity contribution < 1.29 is 9.59 Å². The Morgan fingerprint density at radius 1 is 1.29 bits per heavy atom. The minimum absolute atomic E-state index is 0.00309. The average molecular weight is 235 g/mol. The summed E-state index contributed by atoms with van der Waals surface area (Å²) in [5.74, 6) is 0.131. The standard InChI is InChI=1S/C14H21NO2/c1-10(9-16)6-11-12(15(4)5)7-14(2,3)8-13(11)17/h6,9H,7-8H2,1-5H3/b10-6+. The molecule has 0 saturated carbocycles. The van der Waals surface area contributed by atoms with Gasteiger partial charge in [-0.2, -0.15) is 0 Å². The number of hydrogen-bond acceptors (Lipinski definition) is 3. The summed E-state index contributed by atoms with van der Waals surface area (Å²) in [6, 6.07) is 0. The van der Waals surface area contributed by atoms with Gasteiger partial charge in [0.2, 0.25) is 0 Å². The fraction of sp³-hybridized carbons (Fsp3) is 0.571. The Hall–Kier alpha value is -1.38. The van der Waals surface area contributed by atoms with E-state index in [1.54, 1.807) is 13.0 Å². The lowest BCUT2D eigenvalue weighted by Gasteiger charge is -2.34. The van der Waals surface area contributed by atoms with Gasteiger partial charge in [0.1, 0.15) is 6.29 Å². The first kappa shape index (κ1) is 13.7. The van der Waals surface area contributed by atoms with Crippen LogP contribution in [0.4, 0.5) is 0 Å². The third kappa shape index (κ3) is 3.29. The van der Waals surface area contributed by atoms with Gasteiger partial charge < -0.3 is 4.90 Å². The summed E-state index contributed by atoms with van der Waals surface area (Å²) in [5.41, 5.74) is 2.31. The fourth-order valence-electron chi connectivity index (χ4n) is 2.13. The largest absolute Gasteiger partial charge is 0.380 e. The Labute approximate surface area is 103 Å². The highest BCUT2D eigenvalue weighted by molar-refractivity contribution is 6.01. The lowest BCUT2D eigenvalue weighted by atomic mass is 9.75. The first-order chi connectivity index (χ1) is 7.76. The summed E-state index contributed by atoms with van der Waals surface area (Å²) < 4.78 is 0. The number of aldehydes is 1. The van der Waals surface area contributed by atoms with Crippen molar-refractivity contribution in [3.63, 3.8) is 0 Å². The van der Waals surface area contributed by atoms with Crippen LogP contribution in [0.15, 0.2) is 22.9 Å². The molecule has 0 aromatic rings. The van der Waals surface area contributed by atoms with Crippen LogP contribution in [0.2, 0.25) is 0 Å². The number of nitrogens with zero attached hydrogens (tertiary/aromatic N) is 1. The van der Waals surface area contributed by atoms with Crippen molar-refractivity contribution in [2.45, 2.75) is 33.6 Å². The number of hydrogen-bond donors (Lipinski definition) is 0. The minimum atomic E-state index is 0.00309. The molecule has 3 heteroatoms. The van der Waals surface area contributed by atoms with Crippen LogP contribution in [-0.4, -0.2) is 31.1 Å². The molecular weight excluding hydrogens is 214 g/mol. The van der Waals surface area contributed by atoms with Gasteiger partial charge in [0, 0.05) is 31.8 Å². The predicted octanol–water partition coefficient (Wildman–Crippen LogP) is 2.34. The lowest BCUT2D eigenvalue weighted by molar-refractivity contribution is -0.118. The van der Waals surface area contributed by atoms with Crippen molar-refractivity contribution in [1.29, 1.82) is 0 Å². The van der Waals surface area contributed by atoms with Gasteiger partial charge in [-0.05, 0) is 30.4 Å². The first-order valence-corrected chi connectivity index (χ1v) is 5.84. The Bertz CT molecular complexity index is 400. The van der Waals surface area contributed by atoms with Crippen molar-refractivity contribution in [2.24, 2.45) is 5.41 Å². The van der Waals surface area contributed by atoms with Crippen molar-refractivity contribution in [3.05, 3.63) is 22.9 Å². The van der Waals surface area contributed by atoms with Crippen LogP contribution in [0.25, 0.3) is 0 Å². The Kier molecular flexibility index (Phi) is 3.91. The molecule has 1 aliphatic carbocycles. The van der Waals surface area contributed by atoms with Gasteiger partial charge in [-0.15, -0.1) is 0 Å². The Morgan fingerprint density at radius 2 is 1.88 bits per heavy atom. The van der Waals surface area contributed by atoms with Gasteiger partial charge in [0.15, 0.2) is 5.78 Å². The summed E-state index contributed by atoms with van der Waals surface area (Å²) in [4.78, 5) is 24.8. The van der Waals surface area contributed by atoms with Crippen molar-refractivity contribution in [2.75, 3.05) is 14.1 Å². The van der Waals surface area contributed by atoms with Crippen molar-refractivity contribution in [3.8, 4) is 0 Å². The number of carbonyl (C=O) groups excluding carboxylic acids is 2. The third-order valence-electron chi connectivity index (χ3n) is 2.99. The van der Waals surface area contributed by atoms with E-state index in [2.05, 4.69) is 13.8 Å². The molecule has 94 valence electrons. The number of Topliss-reactive ketones (excluding diaryl/α,β-unsaturated/α-hetero) is 1. The van der Waals surface area contributed by atoms with Crippen LogP contribution in [0.5, 0.6) is 0 Å². The first-order valence-electron chi connectivity index (χ1n) is 5.84. The zero-order valence-corrected chi connectivity index (χ0v) is 11.3. The molecule has 0 heterocycles. The van der Waals surface area contributed by atoms with E-state index in [9.17, 15) is 9.59 Å². The molecule has 0 amide bonds. The number of ketones is 1. The third-order valence-corrected chi connectivity index (χ3v) is 2.99. The maximum Gasteiger partial charge on any atom is 0.165 e. The van der Waals surface area contributed by atoms with Gasteiger partial charge in [-0.1, -0.05) is 13.8 Å². The summed E-state index contributed by atoms with van der Waals surface area (Å²) in [6.07, 6.45) is 3.90. The normalized spacial score (nSPS) is 20.5. The van der Waals surface area contributed by atoms with Gasteiger partial charge in [-0.25, -0.2) is 0 Å². The molecule has 17 heavy (non-hydrogen) atoms. The average Bonchev–Trinajstić information content (AvgIpc) is 2.20. The summed E-state index contributed by atoms with van der Waals surface area (Å²) in [6.45, 7) is 5.92. The second kappa shape index (κ2) is 4.86. The molecule has 1 aliphatic rings. The quantitative estimate of drug-likeness (QED) is 0.556. The van der Waals surface area contributed by atoms with E-state index < -0.39 is 0 Å². The van der Waals surface area contributed by atoms with Crippen LogP contribution in [0.3, 0.4) is 0 Å². The predicted molar refractivity (Wildman–Crippen MR) is 68.6 cm³/mol. The maximum atomic E-state index is 12.1. The monoisotopic (exact) mass is 235 g/mol. The van der Waals surface area contributed by atoms with E-state index in [-0.39, 0.29) is 11.2 Å².